The predicted molar refractivity (Wildman–Crippen MR) is 61.6 cm³/mol. The van der Waals surface area contributed by atoms with Gasteiger partial charge in [0.2, 0.25) is 0 Å². The van der Waals surface area contributed by atoms with E-state index in [9.17, 15) is 4.39 Å². The molecule has 0 saturated carbocycles. The zero-order valence-corrected chi connectivity index (χ0v) is 8.69. The normalized spacial score (nSPS) is 10.1. The van der Waals surface area contributed by atoms with E-state index >= 15 is 0 Å². The number of halogens is 1. The molecule has 2 nitrogen and oxygen atoms in total. The molecule has 0 bridgehead atoms. The third-order valence-corrected chi connectivity index (χ3v) is 2.21. The molecule has 0 radical (unpaired) electrons. The van der Waals surface area contributed by atoms with E-state index in [4.69, 9.17) is 10.5 Å². The average Bonchev–Trinajstić information content (AvgIpc) is 2.30. The van der Waals surface area contributed by atoms with Crippen LogP contribution in [0.15, 0.2) is 48.5 Å². The predicted octanol–water partition coefficient (Wildman–Crippen LogP) is 2.99. The van der Waals surface area contributed by atoms with Gasteiger partial charge in [0, 0.05) is 5.69 Å². The van der Waals surface area contributed by atoms with E-state index in [1.807, 2.05) is 12.1 Å². The molecular formula is C13H12FNO. The average molecular weight is 217 g/mol. The Labute approximate surface area is 93.5 Å². The first-order valence-electron chi connectivity index (χ1n) is 4.97. The summed E-state index contributed by atoms with van der Waals surface area (Å²) in [6.45, 7) is 0.335. The van der Waals surface area contributed by atoms with Gasteiger partial charge >= 0.3 is 0 Å². The minimum Gasteiger partial charge on any atom is -0.486 e. The zero-order chi connectivity index (χ0) is 11.4. The van der Waals surface area contributed by atoms with Crippen molar-refractivity contribution in [2.45, 2.75) is 6.61 Å². The van der Waals surface area contributed by atoms with Crippen molar-refractivity contribution >= 4 is 5.69 Å². The third kappa shape index (κ3) is 2.51. The third-order valence-electron chi connectivity index (χ3n) is 2.21. The number of rotatable bonds is 3. The van der Waals surface area contributed by atoms with Crippen LogP contribution < -0.4 is 10.5 Å². The highest BCUT2D eigenvalue weighted by molar-refractivity contribution is 5.39. The molecule has 0 aromatic heterocycles. The molecule has 0 heterocycles. The summed E-state index contributed by atoms with van der Waals surface area (Å²) < 4.78 is 18.6. The number of hydrogen-bond acceptors (Lipinski definition) is 2. The Morgan fingerprint density at radius 1 is 1.00 bits per heavy atom. The number of nitrogen functional groups attached to an aromatic ring is 1. The van der Waals surface area contributed by atoms with Crippen molar-refractivity contribution < 1.29 is 9.13 Å². The van der Waals surface area contributed by atoms with Crippen LogP contribution in [0.1, 0.15) is 5.56 Å². The summed E-state index contributed by atoms with van der Waals surface area (Å²) in [5, 5.41) is 0. The van der Waals surface area contributed by atoms with Gasteiger partial charge in [-0.25, -0.2) is 4.39 Å². The van der Waals surface area contributed by atoms with Gasteiger partial charge in [-0.1, -0.05) is 24.3 Å². The second-order valence-corrected chi connectivity index (χ2v) is 3.46. The molecule has 2 aromatic carbocycles. The van der Waals surface area contributed by atoms with Crippen LogP contribution in [-0.2, 0) is 6.61 Å². The van der Waals surface area contributed by atoms with Crippen LogP contribution in [0.25, 0.3) is 0 Å². The molecule has 16 heavy (non-hydrogen) atoms. The molecule has 0 saturated heterocycles. The van der Waals surface area contributed by atoms with Crippen molar-refractivity contribution in [1.82, 2.24) is 0 Å². The van der Waals surface area contributed by atoms with Crippen molar-refractivity contribution in [2.75, 3.05) is 5.73 Å². The van der Waals surface area contributed by atoms with Gasteiger partial charge in [0.15, 0.2) is 11.6 Å². The molecule has 2 N–H and O–H groups in total. The van der Waals surface area contributed by atoms with E-state index in [2.05, 4.69) is 0 Å². The molecule has 2 rings (SSSR count). The zero-order valence-electron chi connectivity index (χ0n) is 8.69. The highest BCUT2D eigenvalue weighted by Crippen LogP contribution is 2.17. The molecule has 0 amide bonds. The molecule has 0 aliphatic heterocycles. The van der Waals surface area contributed by atoms with Gasteiger partial charge in [-0.3, -0.25) is 0 Å². The topological polar surface area (TPSA) is 35.2 Å². The number of anilines is 1. The molecule has 0 aliphatic rings. The number of ether oxygens (including phenoxy) is 1. The molecular weight excluding hydrogens is 205 g/mol. The fourth-order valence-corrected chi connectivity index (χ4v) is 1.34. The summed E-state index contributed by atoms with van der Waals surface area (Å²) >= 11 is 0. The van der Waals surface area contributed by atoms with Crippen LogP contribution in [0.2, 0.25) is 0 Å². The number of benzene rings is 2. The van der Waals surface area contributed by atoms with Crippen molar-refractivity contribution in [3.63, 3.8) is 0 Å². The minimum atomic E-state index is -0.349. The maximum atomic E-state index is 13.2. The Hall–Kier alpha value is -2.03. The second-order valence-electron chi connectivity index (χ2n) is 3.46. The lowest BCUT2D eigenvalue weighted by Crippen LogP contribution is -1.97. The highest BCUT2D eigenvalue weighted by Gasteiger charge is 2.01. The summed E-state index contributed by atoms with van der Waals surface area (Å²) in [5.74, 6) is -0.0859. The minimum absolute atomic E-state index is 0.263. The van der Waals surface area contributed by atoms with Gasteiger partial charge in [-0.05, 0) is 29.8 Å². The first-order chi connectivity index (χ1) is 7.75. The lowest BCUT2D eigenvalue weighted by molar-refractivity contribution is 0.290. The van der Waals surface area contributed by atoms with Crippen molar-refractivity contribution in [2.24, 2.45) is 0 Å². The Morgan fingerprint density at radius 2 is 1.69 bits per heavy atom. The maximum absolute atomic E-state index is 13.2. The summed E-state index contributed by atoms with van der Waals surface area (Å²) in [6.07, 6.45) is 0. The van der Waals surface area contributed by atoms with Crippen LogP contribution in [0.5, 0.6) is 5.75 Å². The van der Waals surface area contributed by atoms with Crippen LogP contribution in [0, 0.1) is 5.82 Å². The number of para-hydroxylation sites is 1. The van der Waals surface area contributed by atoms with Gasteiger partial charge in [0.25, 0.3) is 0 Å². The largest absolute Gasteiger partial charge is 0.486 e. The molecule has 0 spiro atoms. The van der Waals surface area contributed by atoms with E-state index in [-0.39, 0.29) is 11.6 Å². The fraction of sp³-hybridized carbons (Fsp3) is 0.0769. The van der Waals surface area contributed by atoms with Gasteiger partial charge in [-0.15, -0.1) is 0 Å². The van der Waals surface area contributed by atoms with E-state index in [0.717, 1.165) is 5.56 Å². The molecule has 0 fully saturated rings. The Morgan fingerprint density at radius 3 is 2.38 bits per heavy atom. The van der Waals surface area contributed by atoms with E-state index in [1.54, 1.807) is 30.3 Å². The second kappa shape index (κ2) is 4.66. The highest BCUT2D eigenvalue weighted by atomic mass is 19.1. The van der Waals surface area contributed by atoms with E-state index in [1.165, 1.54) is 6.07 Å². The Balaban J connectivity index is 2.02. The smallest absolute Gasteiger partial charge is 0.165 e. The summed E-state index contributed by atoms with van der Waals surface area (Å²) in [5.41, 5.74) is 7.22. The number of nitrogens with two attached hydrogens (primary N) is 1. The van der Waals surface area contributed by atoms with Crippen molar-refractivity contribution in [3.05, 3.63) is 59.9 Å². The van der Waals surface area contributed by atoms with Crippen LogP contribution >= 0.6 is 0 Å². The maximum Gasteiger partial charge on any atom is 0.165 e. The monoisotopic (exact) mass is 217 g/mol. The van der Waals surface area contributed by atoms with Gasteiger partial charge < -0.3 is 10.5 Å². The first kappa shape index (κ1) is 10.5. The molecule has 0 aliphatic carbocycles. The Bertz CT molecular complexity index is 468. The van der Waals surface area contributed by atoms with Crippen molar-refractivity contribution in [3.8, 4) is 5.75 Å². The summed E-state index contributed by atoms with van der Waals surface area (Å²) in [7, 11) is 0. The van der Waals surface area contributed by atoms with Crippen LogP contribution in [0.4, 0.5) is 10.1 Å². The van der Waals surface area contributed by atoms with E-state index in [0.29, 0.717) is 12.3 Å². The summed E-state index contributed by atoms with van der Waals surface area (Å²) in [4.78, 5) is 0. The first-order valence-corrected chi connectivity index (χ1v) is 4.97. The van der Waals surface area contributed by atoms with Crippen molar-refractivity contribution in [1.29, 1.82) is 0 Å². The standard InChI is InChI=1S/C13H12FNO/c14-12-3-1-2-4-13(12)16-9-10-5-7-11(15)8-6-10/h1-8H,9,15H2. The van der Waals surface area contributed by atoms with Gasteiger partial charge in [0.05, 0.1) is 0 Å². The molecule has 82 valence electrons. The SMILES string of the molecule is Nc1ccc(COc2ccccc2F)cc1. The quantitative estimate of drug-likeness (QED) is 0.802. The van der Waals surface area contributed by atoms with Gasteiger partial charge in [0.1, 0.15) is 6.61 Å². The van der Waals surface area contributed by atoms with Crippen LogP contribution in [-0.4, -0.2) is 0 Å². The van der Waals surface area contributed by atoms with Gasteiger partial charge in [-0.2, -0.15) is 0 Å². The molecule has 3 heteroatoms. The summed E-state index contributed by atoms with van der Waals surface area (Å²) in [6, 6.07) is 13.6. The number of hydrogen-bond donors (Lipinski definition) is 1. The lowest BCUT2D eigenvalue weighted by atomic mass is 10.2. The molecule has 2 aromatic rings. The van der Waals surface area contributed by atoms with Crippen LogP contribution in [0.3, 0.4) is 0 Å². The fourth-order valence-electron chi connectivity index (χ4n) is 1.34. The molecule has 0 unspecified atom stereocenters. The van der Waals surface area contributed by atoms with E-state index < -0.39 is 0 Å². The Kier molecular flexibility index (Phi) is 3.05. The lowest BCUT2D eigenvalue weighted by Gasteiger charge is -2.07. The molecule has 0 atom stereocenters.